The molecule has 0 aromatic heterocycles. The van der Waals surface area contributed by atoms with E-state index in [-0.39, 0.29) is 30.9 Å². The minimum atomic E-state index is -0.746. The highest BCUT2D eigenvalue weighted by Crippen LogP contribution is 2.25. The van der Waals surface area contributed by atoms with E-state index < -0.39 is 30.2 Å². The summed E-state index contributed by atoms with van der Waals surface area (Å²) < 4.78 is 38.2. The fourth-order valence-electron chi connectivity index (χ4n) is 5.45. The number of hydrogen-bond acceptors (Lipinski definition) is 10. The van der Waals surface area contributed by atoms with Crippen LogP contribution >= 0.6 is 0 Å². The van der Waals surface area contributed by atoms with Gasteiger partial charge in [-0.3, -0.25) is 19.4 Å². The molecule has 0 aliphatic carbocycles. The zero-order chi connectivity index (χ0) is 36.2. The van der Waals surface area contributed by atoms with Crippen molar-refractivity contribution in [3.05, 3.63) is 24.1 Å². The molecule has 14 heteroatoms. The SMILES string of the molecule is C=C(C=N/C=C(\C)OCCOCCOCCF)[C@H](CC(=O)OC)NC(=O)[C@@H]1CCCN(C(=O)CCC2CCN(C(=O)OC(C)(C)C)CC2)C1. The smallest absolute Gasteiger partial charge is 0.410 e. The molecular formula is C35H57FN4O9. The number of ether oxygens (including phenoxy) is 5. The topological polar surface area (TPSA) is 145 Å². The van der Waals surface area contributed by atoms with Gasteiger partial charge < -0.3 is 38.8 Å². The van der Waals surface area contributed by atoms with Crippen molar-refractivity contribution >= 4 is 30.1 Å². The Balaban J connectivity index is 1.82. The van der Waals surface area contributed by atoms with Gasteiger partial charge in [-0.1, -0.05) is 6.58 Å². The van der Waals surface area contributed by atoms with Gasteiger partial charge >= 0.3 is 12.1 Å². The highest BCUT2D eigenvalue weighted by molar-refractivity contribution is 5.87. The number of hydrogen-bond donors (Lipinski definition) is 1. The first-order chi connectivity index (χ1) is 23.3. The van der Waals surface area contributed by atoms with Crippen LogP contribution < -0.4 is 5.32 Å². The van der Waals surface area contributed by atoms with Crippen molar-refractivity contribution in [2.75, 3.05) is 73.0 Å². The fourth-order valence-corrected chi connectivity index (χ4v) is 5.45. The molecule has 0 spiro atoms. The van der Waals surface area contributed by atoms with E-state index in [0.717, 1.165) is 19.3 Å². The molecule has 2 atom stereocenters. The molecular weight excluding hydrogens is 639 g/mol. The molecule has 2 saturated heterocycles. The molecule has 0 aromatic rings. The van der Waals surface area contributed by atoms with Crippen LogP contribution in [0.4, 0.5) is 9.18 Å². The number of amides is 3. The zero-order valence-electron chi connectivity index (χ0n) is 30.0. The predicted octanol–water partition coefficient (Wildman–Crippen LogP) is 4.21. The summed E-state index contributed by atoms with van der Waals surface area (Å²) in [7, 11) is 1.28. The fraction of sp³-hybridized carbons (Fsp3) is 0.743. The number of esters is 1. The van der Waals surface area contributed by atoms with Gasteiger partial charge in [0.25, 0.3) is 0 Å². The van der Waals surface area contributed by atoms with Crippen molar-refractivity contribution < 1.29 is 47.3 Å². The highest BCUT2D eigenvalue weighted by atomic mass is 19.1. The van der Waals surface area contributed by atoms with Gasteiger partial charge in [0.2, 0.25) is 11.8 Å². The Morgan fingerprint density at radius 1 is 1.00 bits per heavy atom. The normalized spacial score (nSPS) is 18.2. The van der Waals surface area contributed by atoms with Gasteiger partial charge in [-0.05, 0) is 71.3 Å². The molecule has 2 rings (SSSR count). The Labute approximate surface area is 290 Å². The van der Waals surface area contributed by atoms with Crippen molar-refractivity contribution in [2.24, 2.45) is 16.8 Å². The summed E-state index contributed by atoms with van der Waals surface area (Å²) >= 11 is 0. The summed E-state index contributed by atoms with van der Waals surface area (Å²) in [5.74, 6) is -0.306. The Morgan fingerprint density at radius 3 is 2.33 bits per heavy atom. The second kappa shape index (κ2) is 22.2. The third-order valence-electron chi connectivity index (χ3n) is 8.19. The highest BCUT2D eigenvalue weighted by Gasteiger charge is 2.32. The van der Waals surface area contributed by atoms with Crippen LogP contribution in [0, 0.1) is 11.8 Å². The molecule has 0 unspecified atom stereocenters. The number of methoxy groups -OCH3 is 1. The molecule has 2 fully saturated rings. The van der Waals surface area contributed by atoms with Crippen molar-refractivity contribution in [2.45, 2.75) is 84.3 Å². The van der Waals surface area contributed by atoms with Gasteiger partial charge in [-0.15, -0.1) is 0 Å². The average molecular weight is 697 g/mol. The van der Waals surface area contributed by atoms with Gasteiger partial charge in [-0.25, -0.2) is 9.18 Å². The molecule has 278 valence electrons. The molecule has 1 N–H and O–H groups in total. The first kappa shape index (κ1) is 41.7. The van der Waals surface area contributed by atoms with E-state index in [4.69, 9.17) is 23.7 Å². The summed E-state index contributed by atoms with van der Waals surface area (Å²) in [6.07, 6.45) is 6.62. The van der Waals surface area contributed by atoms with Crippen molar-refractivity contribution in [1.82, 2.24) is 15.1 Å². The number of nitrogens with one attached hydrogen (secondary N) is 1. The number of carbonyl (C=O) groups excluding carboxylic acids is 4. The van der Waals surface area contributed by atoms with E-state index in [9.17, 15) is 23.6 Å². The number of allylic oxidation sites excluding steroid dienone is 1. The van der Waals surface area contributed by atoms with Crippen LogP contribution in [0.15, 0.2) is 29.1 Å². The summed E-state index contributed by atoms with van der Waals surface area (Å²) in [6.45, 7) is 14.2. The van der Waals surface area contributed by atoms with E-state index >= 15 is 0 Å². The van der Waals surface area contributed by atoms with Crippen LogP contribution in [0.3, 0.4) is 0 Å². The largest absolute Gasteiger partial charge is 0.494 e. The van der Waals surface area contributed by atoms with Crippen LogP contribution in [0.1, 0.15) is 72.6 Å². The lowest BCUT2D eigenvalue weighted by atomic mass is 9.91. The maximum absolute atomic E-state index is 13.4. The molecule has 0 bridgehead atoms. The molecule has 3 amide bonds. The van der Waals surface area contributed by atoms with Gasteiger partial charge in [0.1, 0.15) is 24.6 Å². The Bertz CT molecular complexity index is 1130. The molecule has 2 aliphatic rings. The maximum Gasteiger partial charge on any atom is 0.410 e. The first-order valence-electron chi connectivity index (χ1n) is 17.2. The van der Waals surface area contributed by atoms with Crippen LogP contribution in [-0.4, -0.2) is 125 Å². The van der Waals surface area contributed by atoms with Gasteiger partial charge in [0.15, 0.2) is 0 Å². The number of rotatable bonds is 19. The third kappa shape index (κ3) is 17.1. The number of halogens is 1. The predicted molar refractivity (Wildman–Crippen MR) is 183 cm³/mol. The molecule has 2 heterocycles. The van der Waals surface area contributed by atoms with E-state index in [1.54, 1.807) is 16.7 Å². The summed E-state index contributed by atoms with van der Waals surface area (Å²) in [4.78, 5) is 58.7. The number of alkyl halides is 1. The molecule has 13 nitrogen and oxygen atoms in total. The first-order valence-corrected chi connectivity index (χ1v) is 17.2. The Kier molecular flexibility index (Phi) is 18.9. The maximum atomic E-state index is 13.4. The van der Waals surface area contributed by atoms with Crippen molar-refractivity contribution in [3.63, 3.8) is 0 Å². The van der Waals surface area contributed by atoms with Crippen LogP contribution in [0.25, 0.3) is 0 Å². The summed E-state index contributed by atoms with van der Waals surface area (Å²) in [5, 5.41) is 2.92. The number of nitrogens with zero attached hydrogens (tertiary/aromatic N) is 3. The molecule has 49 heavy (non-hydrogen) atoms. The standard InChI is InChI=1S/C35H57FN4O9/c1-26(23-37-24-27(2)48-21-20-47-19-18-46-17-13-36)30(22-32(42)45-6)38-33(43)29-8-7-14-40(25-29)31(41)10-9-28-11-15-39(16-12-28)34(44)49-35(3,4)5/h23-24,28-30H,1,7-22,25H2,2-6H3,(H,38,43)/b27-24+,37-23?/t29-,30+/m1/s1. The van der Waals surface area contributed by atoms with Crippen molar-refractivity contribution in [3.8, 4) is 0 Å². The summed E-state index contributed by atoms with van der Waals surface area (Å²) in [5.41, 5.74) is -0.130. The lowest BCUT2D eigenvalue weighted by Crippen LogP contribution is -2.48. The van der Waals surface area contributed by atoms with Gasteiger partial charge in [0, 0.05) is 38.8 Å². The Hall–Kier alpha value is -3.52. The van der Waals surface area contributed by atoms with Gasteiger partial charge in [-0.2, -0.15) is 0 Å². The monoisotopic (exact) mass is 696 g/mol. The van der Waals surface area contributed by atoms with Crippen molar-refractivity contribution in [1.29, 1.82) is 0 Å². The summed E-state index contributed by atoms with van der Waals surface area (Å²) in [6, 6.07) is -0.746. The van der Waals surface area contributed by atoms with Crippen LogP contribution in [0.2, 0.25) is 0 Å². The third-order valence-corrected chi connectivity index (χ3v) is 8.19. The zero-order valence-corrected chi connectivity index (χ0v) is 30.0. The number of likely N-dealkylation sites (tertiary alicyclic amines) is 2. The minimum absolute atomic E-state index is 0.0215. The quantitative estimate of drug-likeness (QED) is 0.0909. The number of aliphatic imine (C=N–C) groups is 1. The average Bonchev–Trinajstić information content (AvgIpc) is 3.07. The van der Waals surface area contributed by atoms with E-state index in [1.807, 2.05) is 20.8 Å². The molecule has 0 aromatic carbocycles. The molecule has 0 saturated carbocycles. The van der Waals surface area contributed by atoms with Crippen LogP contribution in [-0.2, 0) is 38.1 Å². The van der Waals surface area contributed by atoms with E-state index in [2.05, 4.69) is 16.9 Å². The molecule has 0 radical (unpaired) electrons. The Morgan fingerprint density at radius 2 is 1.67 bits per heavy atom. The second-order valence-electron chi connectivity index (χ2n) is 13.3. The number of carbonyl (C=O) groups is 4. The minimum Gasteiger partial charge on any atom is -0.494 e. The van der Waals surface area contributed by atoms with Gasteiger partial charge in [0.05, 0.1) is 58.1 Å². The second-order valence-corrected chi connectivity index (χ2v) is 13.3. The van der Waals surface area contributed by atoms with E-state index in [0.29, 0.717) is 89.1 Å². The van der Waals surface area contributed by atoms with Crippen LogP contribution in [0.5, 0.6) is 0 Å². The number of piperidine rings is 2. The molecule has 2 aliphatic heterocycles. The lowest BCUT2D eigenvalue weighted by molar-refractivity contribution is -0.141. The van der Waals surface area contributed by atoms with E-state index in [1.165, 1.54) is 19.5 Å². The lowest BCUT2D eigenvalue weighted by Gasteiger charge is -2.35.